The number of hydrogen-bond acceptors (Lipinski definition) is 3. The molecular formula is C14H26N2S. The summed E-state index contributed by atoms with van der Waals surface area (Å²) in [5.41, 5.74) is 1.19. The third-order valence-corrected chi connectivity index (χ3v) is 4.35. The Morgan fingerprint density at radius 2 is 1.76 bits per heavy atom. The lowest BCUT2D eigenvalue weighted by atomic mass is 10.1. The molecule has 0 amide bonds. The zero-order valence-corrected chi connectivity index (χ0v) is 12.7. The van der Waals surface area contributed by atoms with Gasteiger partial charge in [-0.1, -0.05) is 26.7 Å². The monoisotopic (exact) mass is 254 g/mol. The highest BCUT2D eigenvalue weighted by molar-refractivity contribution is 7.11. The fraction of sp³-hybridized carbons (Fsp3) is 0.786. The molecule has 0 aliphatic rings. The van der Waals surface area contributed by atoms with Gasteiger partial charge in [-0.05, 0) is 33.6 Å². The van der Waals surface area contributed by atoms with Gasteiger partial charge in [0, 0.05) is 17.0 Å². The summed E-state index contributed by atoms with van der Waals surface area (Å²) in [7, 11) is 0. The fourth-order valence-corrected chi connectivity index (χ4v) is 3.32. The van der Waals surface area contributed by atoms with Crippen molar-refractivity contribution in [2.75, 3.05) is 0 Å². The van der Waals surface area contributed by atoms with Gasteiger partial charge in [-0.3, -0.25) is 0 Å². The van der Waals surface area contributed by atoms with Crippen molar-refractivity contribution < 1.29 is 0 Å². The fourth-order valence-electron chi connectivity index (χ4n) is 2.39. The second-order valence-corrected chi connectivity index (χ2v) is 6.08. The first-order valence-electron chi connectivity index (χ1n) is 6.78. The van der Waals surface area contributed by atoms with E-state index in [1.54, 1.807) is 0 Å². The Bertz CT molecular complexity index is 327. The van der Waals surface area contributed by atoms with E-state index in [0.717, 1.165) is 0 Å². The van der Waals surface area contributed by atoms with Gasteiger partial charge in [-0.2, -0.15) is 0 Å². The molecule has 98 valence electrons. The van der Waals surface area contributed by atoms with Crippen LogP contribution in [0.15, 0.2) is 0 Å². The second-order valence-electron chi connectivity index (χ2n) is 4.85. The summed E-state index contributed by atoms with van der Waals surface area (Å²) in [4.78, 5) is 5.91. The molecule has 0 aromatic carbocycles. The summed E-state index contributed by atoms with van der Waals surface area (Å²) in [5.74, 6) is 0. The molecule has 2 nitrogen and oxygen atoms in total. The van der Waals surface area contributed by atoms with Crippen molar-refractivity contribution in [2.24, 2.45) is 0 Å². The molecule has 0 spiro atoms. The molecule has 0 radical (unpaired) electrons. The van der Waals surface area contributed by atoms with Crippen LogP contribution in [-0.4, -0.2) is 11.0 Å². The molecule has 1 aromatic heterocycles. The van der Waals surface area contributed by atoms with Gasteiger partial charge >= 0.3 is 0 Å². The van der Waals surface area contributed by atoms with E-state index < -0.39 is 0 Å². The molecule has 1 unspecified atom stereocenters. The van der Waals surface area contributed by atoms with E-state index in [1.165, 1.54) is 41.3 Å². The normalized spacial score (nSPS) is 13.3. The standard InChI is InChI=1S/C14H26N2S/c1-6-8-13(9-7-2)16-11(4)14-10(3)15-12(5)17-14/h11,13,16H,6-9H2,1-5H3. The summed E-state index contributed by atoms with van der Waals surface area (Å²) >= 11 is 1.83. The van der Waals surface area contributed by atoms with Crippen LogP contribution in [0.5, 0.6) is 0 Å². The lowest BCUT2D eigenvalue weighted by Crippen LogP contribution is -2.31. The van der Waals surface area contributed by atoms with Crippen LogP contribution in [0, 0.1) is 13.8 Å². The molecule has 0 fully saturated rings. The Balaban J connectivity index is 2.62. The first-order valence-corrected chi connectivity index (χ1v) is 7.60. The first kappa shape index (κ1) is 14.7. The predicted octanol–water partition coefficient (Wildman–Crippen LogP) is 4.38. The third kappa shape index (κ3) is 4.40. The Kier molecular flexibility index (Phi) is 6.14. The highest BCUT2D eigenvalue weighted by Crippen LogP contribution is 2.25. The Hall–Kier alpha value is -0.410. The predicted molar refractivity (Wildman–Crippen MR) is 76.7 cm³/mol. The molecule has 3 heteroatoms. The van der Waals surface area contributed by atoms with Crippen molar-refractivity contribution in [2.45, 2.75) is 72.4 Å². The molecular weight excluding hydrogens is 228 g/mol. The van der Waals surface area contributed by atoms with Crippen LogP contribution in [0.25, 0.3) is 0 Å². The smallest absolute Gasteiger partial charge is 0.0900 e. The number of nitrogens with zero attached hydrogens (tertiary/aromatic N) is 1. The summed E-state index contributed by atoms with van der Waals surface area (Å²) in [6.45, 7) is 11.0. The highest BCUT2D eigenvalue weighted by atomic mass is 32.1. The van der Waals surface area contributed by atoms with Crippen LogP contribution >= 0.6 is 11.3 Å². The maximum atomic E-state index is 4.51. The number of aryl methyl sites for hydroxylation is 2. The molecule has 17 heavy (non-hydrogen) atoms. The minimum Gasteiger partial charge on any atom is -0.307 e. The molecule has 1 rings (SSSR count). The molecule has 0 saturated carbocycles. The molecule has 0 saturated heterocycles. The zero-order valence-electron chi connectivity index (χ0n) is 11.8. The number of thiazole rings is 1. The number of nitrogens with one attached hydrogen (secondary N) is 1. The quantitative estimate of drug-likeness (QED) is 0.781. The van der Waals surface area contributed by atoms with Crippen molar-refractivity contribution >= 4 is 11.3 Å². The van der Waals surface area contributed by atoms with Crippen molar-refractivity contribution in [3.63, 3.8) is 0 Å². The van der Waals surface area contributed by atoms with E-state index in [9.17, 15) is 0 Å². The van der Waals surface area contributed by atoms with Crippen molar-refractivity contribution in [1.29, 1.82) is 0 Å². The van der Waals surface area contributed by atoms with Crippen LogP contribution in [0.4, 0.5) is 0 Å². The Labute approximate surface area is 110 Å². The molecule has 1 aromatic rings. The summed E-state index contributed by atoms with van der Waals surface area (Å²) in [6.07, 6.45) is 5.06. The average Bonchev–Trinajstić information content (AvgIpc) is 2.58. The van der Waals surface area contributed by atoms with Gasteiger partial charge in [-0.25, -0.2) is 4.98 Å². The number of hydrogen-bond donors (Lipinski definition) is 1. The van der Waals surface area contributed by atoms with Crippen LogP contribution in [0.2, 0.25) is 0 Å². The summed E-state index contributed by atoms with van der Waals surface area (Å²) in [5, 5.41) is 4.93. The van der Waals surface area contributed by atoms with Gasteiger partial charge in [0.15, 0.2) is 0 Å². The first-order chi connectivity index (χ1) is 8.08. The van der Waals surface area contributed by atoms with Gasteiger partial charge < -0.3 is 5.32 Å². The largest absolute Gasteiger partial charge is 0.307 e. The van der Waals surface area contributed by atoms with Gasteiger partial charge in [0.05, 0.1) is 10.7 Å². The highest BCUT2D eigenvalue weighted by Gasteiger charge is 2.16. The van der Waals surface area contributed by atoms with E-state index in [0.29, 0.717) is 12.1 Å². The summed E-state index contributed by atoms with van der Waals surface area (Å²) in [6, 6.07) is 1.09. The van der Waals surface area contributed by atoms with Crippen molar-refractivity contribution in [3.05, 3.63) is 15.6 Å². The molecule has 1 heterocycles. The van der Waals surface area contributed by atoms with E-state index in [1.807, 2.05) is 11.3 Å². The van der Waals surface area contributed by atoms with Crippen molar-refractivity contribution in [1.82, 2.24) is 10.3 Å². The summed E-state index contributed by atoms with van der Waals surface area (Å²) < 4.78 is 0. The SMILES string of the molecule is CCCC(CCC)NC(C)c1sc(C)nc1C. The zero-order chi connectivity index (χ0) is 12.8. The van der Waals surface area contributed by atoms with Crippen LogP contribution in [0.3, 0.4) is 0 Å². The molecule has 0 aliphatic heterocycles. The van der Waals surface area contributed by atoms with Crippen LogP contribution in [-0.2, 0) is 0 Å². The maximum Gasteiger partial charge on any atom is 0.0900 e. The van der Waals surface area contributed by atoms with E-state index in [4.69, 9.17) is 0 Å². The minimum absolute atomic E-state index is 0.435. The van der Waals surface area contributed by atoms with Gasteiger partial charge in [-0.15, -0.1) is 11.3 Å². The molecule has 0 bridgehead atoms. The number of aromatic nitrogens is 1. The van der Waals surface area contributed by atoms with Crippen LogP contribution in [0.1, 0.15) is 68.1 Å². The van der Waals surface area contributed by atoms with E-state index in [-0.39, 0.29) is 0 Å². The maximum absolute atomic E-state index is 4.51. The molecule has 0 aliphatic carbocycles. The average molecular weight is 254 g/mol. The second kappa shape index (κ2) is 7.12. The van der Waals surface area contributed by atoms with Crippen molar-refractivity contribution in [3.8, 4) is 0 Å². The van der Waals surface area contributed by atoms with Gasteiger partial charge in [0.25, 0.3) is 0 Å². The molecule has 1 N–H and O–H groups in total. The third-order valence-electron chi connectivity index (χ3n) is 3.09. The van der Waals surface area contributed by atoms with E-state index in [2.05, 4.69) is 44.9 Å². The Morgan fingerprint density at radius 3 is 2.18 bits per heavy atom. The van der Waals surface area contributed by atoms with Crippen LogP contribution < -0.4 is 5.32 Å². The minimum atomic E-state index is 0.435. The topological polar surface area (TPSA) is 24.9 Å². The lowest BCUT2D eigenvalue weighted by Gasteiger charge is -2.22. The number of rotatable bonds is 7. The Morgan fingerprint density at radius 1 is 1.18 bits per heavy atom. The lowest BCUT2D eigenvalue weighted by molar-refractivity contribution is 0.404. The van der Waals surface area contributed by atoms with E-state index >= 15 is 0 Å². The molecule has 1 atom stereocenters. The van der Waals surface area contributed by atoms with Gasteiger partial charge in [0.2, 0.25) is 0 Å². The van der Waals surface area contributed by atoms with Gasteiger partial charge in [0.1, 0.15) is 0 Å².